The molecule has 6 N–H and O–H groups in total. The highest BCUT2D eigenvalue weighted by Crippen LogP contribution is 2.68. The van der Waals surface area contributed by atoms with Crippen molar-refractivity contribution in [3.8, 4) is 0 Å². The van der Waals surface area contributed by atoms with Crippen molar-refractivity contribution in [1.29, 1.82) is 0 Å². The summed E-state index contributed by atoms with van der Waals surface area (Å²) in [6.45, 7) is 11.4. The van der Waals surface area contributed by atoms with Gasteiger partial charge >= 0.3 is 0 Å². The average Bonchev–Trinajstić information content (AvgIpc) is 3.55. The zero-order valence-electron chi connectivity index (χ0n) is 39.9. The molecule has 8 aliphatic rings. The fourth-order valence-corrected chi connectivity index (χ4v) is 14.0. The number of hydrogen-bond acceptors (Lipinski definition) is 17. The van der Waals surface area contributed by atoms with Gasteiger partial charge in [0, 0.05) is 46.0 Å². The van der Waals surface area contributed by atoms with Crippen LogP contribution in [0.2, 0.25) is 0 Å². The monoisotopic (exact) mass is 929 g/mol. The average molecular weight is 929 g/mol. The summed E-state index contributed by atoms with van der Waals surface area (Å²) < 4.78 is 67.3. The summed E-state index contributed by atoms with van der Waals surface area (Å²) in [7, 11) is 4.55. The van der Waals surface area contributed by atoms with Gasteiger partial charge in [0.15, 0.2) is 25.2 Å². The first-order valence-electron chi connectivity index (χ1n) is 24.5. The van der Waals surface area contributed by atoms with E-state index in [4.69, 9.17) is 52.1 Å². The van der Waals surface area contributed by atoms with E-state index in [2.05, 4.69) is 19.9 Å². The lowest BCUT2D eigenvalue weighted by atomic mass is 9.45. The fraction of sp³-hybridized carbons (Fsp3) is 0.958. The molecule has 374 valence electrons. The number of methoxy groups -OCH3 is 3. The topological polar surface area (TPSA) is 223 Å². The number of allylic oxidation sites excluding steroid dienone is 1. The summed E-state index contributed by atoms with van der Waals surface area (Å²) in [6.07, 6.45) is -3.90. The summed E-state index contributed by atoms with van der Waals surface area (Å²) in [6, 6.07) is 0. The van der Waals surface area contributed by atoms with Crippen LogP contribution in [0, 0.1) is 28.6 Å². The number of aliphatic hydroxyl groups is 6. The number of rotatable bonds is 13. The van der Waals surface area contributed by atoms with Crippen molar-refractivity contribution in [2.75, 3.05) is 27.9 Å². The van der Waals surface area contributed by atoms with Crippen LogP contribution >= 0.6 is 0 Å². The highest BCUT2D eigenvalue weighted by atomic mass is 16.8. The lowest BCUT2D eigenvalue weighted by molar-refractivity contribution is -0.367. The van der Waals surface area contributed by atoms with Gasteiger partial charge in [-0.3, -0.25) is 0 Å². The van der Waals surface area contributed by atoms with E-state index in [1.165, 1.54) is 19.8 Å². The third kappa shape index (κ3) is 9.29. The van der Waals surface area contributed by atoms with Crippen molar-refractivity contribution in [3.63, 3.8) is 0 Å². The molecule has 0 aromatic rings. The molecule has 0 aromatic heterocycles. The molecule has 0 aromatic carbocycles. The molecular weight excluding hydrogens is 849 g/mol. The first kappa shape index (κ1) is 50.4. The first-order valence-corrected chi connectivity index (χ1v) is 24.5. The molecule has 17 heteroatoms. The van der Waals surface area contributed by atoms with Crippen LogP contribution in [0.25, 0.3) is 0 Å². The summed E-state index contributed by atoms with van der Waals surface area (Å²) in [5.74, 6) is 0.723. The SMILES string of the molecule is CO[C@@H]1[C@@H](O)[C@@H](O[C@H]2[C@@H](O)C[C@H](O[C@H]3[C@@H](OC)C[C@H](O[C@H]4CC[C@@]5(C)C(=CC[C@@H]6[C@@H]5CC[C@]5(C)[C@@H]([C@@H](C)O)CC[C@@]65O)C4)O[C@@H]3C)O[C@@H]2C)O[C@H](CO)[C@@H]1O[C@H]1C[C@H](OC)[C@H](O)[C@@H](C)O1. The van der Waals surface area contributed by atoms with Crippen LogP contribution in [-0.2, 0) is 52.1 Å². The molecule has 0 spiro atoms. The van der Waals surface area contributed by atoms with E-state index in [1.807, 2.05) is 13.8 Å². The van der Waals surface area contributed by atoms with Crippen LogP contribution in [0.15, 0.2) is 11.6 Å². The van der Waals surface area contributed by atoms with Crippen LogP contribution in [0.4, 0.5) is 0 Å². The van der Waals surface area contributed by atoms with Gasteiger partial charge in [-0.15, -0.1) is 0 Å². The lowest BCUT2D eigenvalue weighted by Crippen LogP contribution is -2.64. The van der Waals surface area contributed by atoms with Crippen molar-refractivity contribution >= 4 is 0 Å². The van der Waals surface area contributed by atoms with Gasteiger partial charge in [0.1, 0.15) is 42.7 Å². The number of ether oxygens (including phenoxy) is 11. The maximum absolute atomic E-state index is 12.4. The van der Waals surface area contributed by atoms with Gasteiger partial charge in [-0.05, 0) is 102 Å². The highest BCUT2D eigenvalue weighted by Gasteiger charge is 2.67. The van der Waals surface area contributed by atoms with E-state index in [0.29, 0.717) is 12.3 Å². The number of fused-ring (bicyclic) bond motifs is 5. The van der Waals surface area contributed by atoms with Gasteiger partial charge in [-0.1, -0.05) is 25.5 Å². The molecule has 3 saturated carbocycles. The van der Waals surface area contributed by atoms with Crippen molar-refractivity contribution in [3.05, 3.63) is 11.6 Å². The molecule has 17 nitrogen and oxygen atoms in total. The van der Waals surface area contributed by atoms with Gasteiger partial charge in [-0.25, -0.2) is 0 Å². The quantitative estimate of drug-likeness (QED) is 0.146. The minimum absolute atomic E-state index is 0.00343. The number of aliphatic hydroxyl groups excluding tert-OH is 5. The minimum Gasteiger partial charge on any atom is -0.394 e. The van der Waals surface area contributed by atoms with E-state index in [1.54, 1.807) is 21.0 Å². The van der Waals surface area contributed by atoms with Crippen LogP contribution in [0.5, 0.6) is 0 Å². The van der Waals surface area contributed by atoms with Crippen molar-refractivity contribution in [1.82, 2.24) is 0 Å². The Morgan fingerprint density at radius 2 is 1.34 bits per heavy atom. The third-order valence-corrected chi connectivity index (χ3v) is 17.7. The van der Waals surface area contributed by atoms with E-state index in [-0.39, 0.29) is 47.7 Å². The van der Waals surface area contributed by atoms with E-state index in [9.17, 15) is 30.6 Å². The molecule has 65 heavy (non-hydrogen) atoms. The maximum Gasteiger partial charge on any atom is 0.187 e. The molecule has 4 saturated heterocycles. The maximum atomic E-state index is 12.4. The van der Waals surface area contributed by atoms with Crippen molar-refractivity contribution < 1.29 is 82.7 Å². The lowest BCUT2D eigenvalue weighted by Gasteiger charge is -2.61. The smallest absolute Gasteiger partial charge is 0.187 e. The largest absolute Gasteiger partial charge is 0.394 e. The van der Waals surface area contributed by atoms with Gasteiger partial charge < -0.3 is 82.7 Å². The number of hydrogen-bond donors (Lipinski definition) is 6. The Hall–Kier alpha value is -0.940. The van der Waals surface area contributed by atoms with E-state index in [0.717, 1.165) is 51.4 Å². The predicted octanol–water partition coefficient (Wildman–Crippen LogP) is 2.85. The molecule has 0 radical (unpaired) electrons. The third-order valence-electron chi connectivity index (χ3n) is 17.7. The summed E-state index contributed by atoms with van der Waals surface area (Å²) in [4.78, 5) is 0. The molecule has 4 aliphatic carbocycles. The van der Waals surface area contributed by atoms with Crippen LogP contribution in [0.3, 0.4) is 0 Å². The summed E-state index contributed by atoms with van der Waals surface area (Å²) in [5, 5.41) is 66.7. The van der Waals surface area contributed by atoms with Gasteiger partial charge in [0.05, 0.1) is 61.0 Å². The Kier molecular flexibility index (Phi) is 15.6. The second-order valence-corrected chi connectivity index (χ2v) is 21.2. The molecule has 7 fully saturated rings. The Labute approximate surface area is 384 Å². The minimum atomic E-state index is -1.38. The normalized spacial score (nSPS) is 53.1. The van der Waals surface area contributed by atoms with Gasteiger partial charge in [-0.2, -0.15) is 0 Å². The second kappa shape index (κ2) is 20.1. The highest BCUT2D eigenvalue weighted by molar-refractivity contribution is 5.28. The van der Waals surface area contributed by atoms with Crippen LogP contribution in [-0.4, -0.2) is 181 Å². The van der Waals surface area contributed by atoms with E-state index >= 15 is 0 Å². The fourth-order valence-electron chi connectivity index (χ4n) is 14.0. The van der Waals surface area contributed by atoms with Crippen LogP contribution in [0.1, 0.15) is 112 Å². The zero-order chi connectivity index (χ0) is 46.7. The molecule has 0 unspecified atom stereocenters. The molecular formula is C48H80O17. The summed E-state index contributed by atoms with van der Waals surface area (Å²) in [5.41, 5.74) is 0.414. The Balaban J connectivity index is 0.833. The zero-order valence-corrected chi connectivity index (χ0v) is 39.9. The second-order valence-electron chi connectivity index (χ2n) is 21.2. The predicted molar refractivity (Wildman–Crippen MR) is 231 cm³/mol. The molecule has 0 amide bonds. The molecule has 0 bridgehead atoms. The van der Waals surface area contributed by atoms with Crippen molar-refractivity contribution in [2.45, 2.75) is 234 Å². The Morgan fingerprint density at radius 1 is 0.692 bits per heavy atom. The first-order chi connectivity index (χ1) is 30.9. The van der Waals surface area contributed by atoms with E-state index < -0.39 is 117 Å². The molecule has 4 heterocycles. The van der Waals surface area contributed by atoms with Gasteiger partial charge in [0.25, 0.3) is 0 Å². The van der Waals surface area contributed by atoms with Gasteiger partial charge in [0.2, 0.25) is 0 Å². The molecule has 4 aliphatic heterocycles. The molecule has 8 rings (SSSR count). The molecule has 25 atom stereocenters. The Morgan fingerprint density at radius 3 is 2.00 bits per heavy atom. The standard InChI is InChI=1S/C48H80O17/c1-23(50)29-14-17-48(54)31-11-10-27-18-28(12-15-46(27,5)30(31)13-16-47(29,48)6)61-37-21-34(56-8)42(26(4)60-37)63-36-19-32(51)41(25(3)59-36)65-45-40(53)44(57-9)43(35(22-49)62-45)64-38-20-33(55-7)39(52)24(2)58-38/h10,23-26,28-45,49-54H,11-22H2,1-9H3/t23-,24-,25-,26-,28+,29-,30+,31-,32+,33+,34+,35-,36+,37+,38+,39-,40-,41-,42-,43+,44-,45-,46+,47-,48-/m1/s1. The Bertz CT molecular complexity index is 1610. The summed E-state index contributed by atoms with van der Waals surface area (Å²) >= 11 is 0. The van der Waals surface area contributed by atoms with Crippen molar-refractivity contribution in [2.24, 2.45) is 28.6 Å². The van der Waals surface area contributed by atoms with Crippen LogP contribution < -0.4 is 0 Å².